The molecule has 90 valence electrons. The van der Waals surface area contributed by atoms with Gasteiger partial charge in [0.05, 0.1) is 13.5 Å². The van der Waals surface area contributed by atoms with Crippen LogP contribution in [0.25, 0.3) is 0 Å². The molecule has 7 heteroatoms. The van der Waals surface area contributed by atoms with Crippen molar-refractivity contribution in [3.8, 4) is 6.07 Å². The average Bonchev–Trinajstić information content (AvgIpc) is 2.28. The summed E-state index contributed by atoms with van der Waals surface area (Å²) < 4.78 is 42.1. The van der Waals surface area contributed by atoms with Crippen molar-refractivity contribution in [2.45, 2.75) is 12.6 Å². The Morgan fingerprint density at radius 2 is 2.18 bits per heavy atom. The van der Waals surface area contributed by atoms with E-state index in [1.165, 1.54) is 6.07 Å². The van der Waals surface area contributed by atoms with E-state index in [0.717, 1.165) is 19.2 Å². The van der Waals surface area contributed by atoms with Gasteiger partial charge in [0.2, 0.25) is 0 Å². The molecule has 0 aliphatic carbocycles. The molecule has 0 saturated heterocycles. The summed E-state index contributed by atoms with van der Waals surface area (Å²) in [6.07, 6.45) is -5.25. The van der Waals surface area contributed by atoms with Gasteiger partial charge in [-0.2, -0.15) is 18.4 Å². The Morgan fingerprint density at radius 1 is 1.53 bits per heavy atom. The second-order valence-electron chi connectivity index (χ2n) is 3.07. The highest BCUT2D eigenvalue weighted by atomic mass is 19.4. The van der Waals surface area contributed by atoms with Gasteiger partial charge in [-0.3, -0.25) is 4.79 Å². The number of hydrogen-bond donors (Lipinski definition) is 0. The zero-order chi connectivity index (χ0) is 13.1. The number of pyridine rings is 1. The molecule has 0 atom stereocenters. The average molecular weight is 244 g/mol. The number of ether oxygens (including phenoxy) is 1. The molecule has 0 aliphatic rings. The lowest BCUT2D eigenvalue weighted by Crippen LogP contribution is -2.16. The quantitative estimate of drug-likeness (QED) is 0.742. The Morgan fingerprint density at radius 3 is 2.65 bits per heavy atom. The normalized spacial score (nSPS) is 10.8. The molecule has 4 nitrogen and oxygen atoms in total. The molecule has 17 heavy (non-hydrogen) atoms. The zero-order valence-corrected chi connectivity index (χ0v) is 8.71. The van der Waals surface area contributed by atoms with Crippen molar-refractivity contribution in [1.82, 2.24) is 4.98 Å². The lowest BCUT2D eigenvalue weighted by molar-refractivity contribution is -0.143. The Bertz CT molecular complexity index is 477. The molecular formula is C10H7F3N2O2. The van der Waals surface area contributed by atoms with Crippen molar-refractivity contribution >= 4 is 5.97 Å². The van der Waals surface area contributed by atoms with Crippen LogP contribution in [0.15, 0.2) is 12.1 Å². The van der Waals surface area contributed by atoms with Crippen molar-refractivity contribution in [2.24, 2.45) is 0 Å². The van der Waals surface area contributed by atoms with Crippen LogP contribution in [-0.2, 0) is 22.1 Å². The first kappa shape index (κ1) is 13.0. The predicted octanol–water partition coefficient (Wildman–Crippen LogP) is 1.69. The van der Waals surface area contributed by atoms with Gasteiger partial charge in [-0.1, -0.05) is 6.07 Å². The van der Waals surface area contributed by atoms with E-state index in [4.69, 9.17) is 5.26 Å². The molecule has 0 bridgehead atoms. The third-order valence-electron chi connectivity index (χ3n) is 1.92. The smallest absolute Gasteiger partial charge is 0.433 e. The number of carbonyl (C=O) groups is 1. The van der Waals surface area contributed by atoms with Crippen molar-refractivity contribution in [3.63, 3.8) is 0 Å². The van der Waals surface area contributed by atoms with Gasteiger partial charge in [0.15, 0.2) is 0 Å². The molecule has 1 heterocycles. The Labute approximate surface area is 94.6 Å². The second kappa shape index (κ2) is 4.82. The molecule has 0 unspecified atom stereocenters. The Kier molecular flexibility index (Phi) is 3.68. The zero-order valence-electron chi connectivity index (χ0n) is 8.71. The topological polar surface area (TPSA) is 63.0 Å². The minimum atomic E-state index is -4.71. The molecule has 0 spiro atoms. The van der Waals surface area contributed by atoms with Gasteiger partial charge in [-0.15, -0.1) is 0 Å². The van der Waals surface area contributed by atoms with E-state index in [1.807, 2.05) is 0 Å². The van der Waals surface area contributed by atoms with Crippen molar-refractivity contribution in [3.05, 3.63) is 29.1 Å². The highest BCUT2D eigenvalue weighted by Gasteiger charge is 2.36. The first-order chi connectivity index (χ1) is 7.88. The summed E-state index contributed by atoms with van der Waals surface area (Å²) in [5.41, 5.74) is -1.91. The van der Waals surface area contributed by atoms with Crippen LogP contribution >= 0.6 is 0 Å². The summed E-state index contributed by atoms with van der Waals surface area (Å²) in [6, 6.07) is 3.67. The Hall–Kier alpha value is -2.10. The number of esters is 1. The van der Waals surface area contributed by atoms with Crippen molar-refractivity contribution < 1.29 is 22.7 Å². The van der Waals surface area contributed by atoms with Gasteiger partial charge in [0.1, 0.15) is 17.5 Å². The summed E-state index contributed by atoms with van der Waals surface area (Å²) in [6.45, 7) is 0. The number of rotatable bonds is 2. The molecule has 0 fully saturated rings. The number of hydrogen-bond acceptors (Lipinski definition) is 4. The van der Waals surface area contributed by atoms with Gasteiger partial charge in [0, 0.05) is 0 Å². The second-order valence-corrected chi connectivity index (χ2v) is 3.07. The number of methoxy groups -OCH3 is 1. The van der Waals surface area contributed by atoms with Gasteiger partial charge < -0.3 is 4.74 Å². The maximum absolute atomic E-state index is 12.6. The van der Waals surface area contributed by atoms with Crippen LogP contribution in [0.1, 0.15) is 17.0 Å². The van der Waals surface area contributed by atoms with E-state index >= 15 is 0 Å². The van der Waals surface area contributed by atoms with E-state index in [2.05, 4.69) is 9.72 Å². The third kappa shape index (κ3) is 3.17. The van der Waals surface area contributed by atoms with E-state index in [0.29, 0.717) is 0 Å². The standard InChI is InChI=1S/C10H7F3N2O2/c1-17-8(16)4-6-2-3-7(5-14)15-9(6)10(11,12)13/h2-3H,4H2,1H3. The minimum absolute atomic E-state index is 0.316. The van der Waals surface area contributed by atoms with Gasteiger partial charge in [-0.25, -0.2) is 4.98 Å². The lowest BCUT2D eigenvalue weighted by Gasteiger charge is -2.10. The number of nitrogens with zero attached hydrogens (tertiary/aromatic N) is 2. The molecule has 0 amide bonds. The van der Waals surface area contributed by atoms with Crippen LogP contribution in [0, 0.1) is 11.3 Å². The van der Waals surface area contributed by atoms with E-state index in [9.17, 15) is 18.0 Å². The summed E-state index contributed by atoms with van der Waals surface area (Å²) in [4.78, 5) is 14.1. The molecule has 0 radical (unpaired) electrons. The van der Waals surface area contributed by atoms with Gasteiger partial charge in [0.25, 0.3) is 0 Å². The van der Waals surface area contributed by atoms with E-state index in [1.54, 1.807) is 0 Å². The fourth-order valence-electron chi connectivity index (χ4n) is 1.17. The molecule has 1 aromatic rings. The minimum Gasteiger partial charge on any atom is -0.469 e. The summed E-state index contributed by atoms with van der Waals surface area (Å²) in [7, 11) is 1.08. The Balaban J connectivity index is 3.22. The number of halogens is 3. The van der Waals surface area contributed by atoms with Gasteiger partial charge in [-0.05, 0) is 11.6 Å². The highest BCUT2D eigenvalue weighted by molar-refractivity contribution is 5.72. The van der Waals surface area contributed by atoms with Crippen molar-refractivity contribution in [2.75, 3.05) is 7.11 Å². The number of aromatic nitrogens is 1. The monoisotopic (exact) mass is 244 g/mol. The summed E-state index contributed by atoms with van der Waals surface area (Å²) >= 11 is 0. The maximum atomic E-state index is 12.6. The maximum Gasteiger partial charge on any atom is 0.433 e. The molecular weight excluding hydrogens is 237 g/mol. The summed E-state index contributed by atoms with van der Waals surface area (Å²) in [5, 5.41) is 8.48. The molecule has 0 saturated carbocycles. The van der Waals surface area contributed by atoms with E-state index in [-0.39, 0.29) is 11.3 Å². The fourth-order valence-corrected chi connectivity index (χ4v) is 1.17. The van der Waals surface area contributed by atoms with Crippen molar-refractivity contribution in [1.29, 1.82) is 5.26 Å². The molecule has 1 rings (SSSR count). The molecule has 0 aromatic carbocycles. The molecule has 0 N–H and O–H groups in total. The van der Waals surface area contributed by atoms with Crippen LogP contribution in [0.4, 0.5) is 13.2 Å². The largest absolute Gasteiger partial charge is 0.469 e. The van der Waals surface area contributed by atoms with Crippen LogP contribution in [0.3, 0.4) is 0 Å². The first-order valence-corrected chi connectivity index (χ1v) is 4.42. The van der Waals surface area contributed by atoms with Crippen LogP contribution in [-0.4, -0.2) is 18.1 Å². The van der Waals surface area contributed by atoms with Crippen LogP contribution < -0.4 is 0 Å². The predicted molar refractivity (Wildman–Crippen MR) is 49.7 cm³/mol. The van der Waals surface area contributed by atoms with Gasteiger partial charge >= 0.3 is 12.1 Å². The highest BCUT2D eigenvalue weighted by Crippen LogP contribution is 2.30. The SMILES string of the molecule is COC(=O)Cc1ccc(C#N)nc1C(F)(F)F. The van der Waals surface area contributed by atoms with Crippen LogP contribution in [0.2, 0.25) is 0 Å². The fraction of sp³-hybridized carbons (Fsp3) is 0.300. The first-order valence-electron chi connectivity index (χ1n) is 4.42. The third-order valence-corrected chi connectivity index (χ3v) is 1.92. The lowest BCUT2D eigenvalue weighted by atomic mass is 10.1. The number of nitriles is 1. The molecule has 1 aromatic heterocycles. The van der Waals surface area contributed by atoms with Crippen LogP contribution in [0.5, 0.6) is 0 Å². The number of alkyl halides is 3. The summed E-state index contributed by atoms with van der Waals surface area (Å²) in [5.74, 6) is -0.804. The van der Waals surface area contributed by atoms with E-state index < -0.39 is 24.3 Å². The molecule has 0 aliphatic heterocycles. The number of carbonyl (C=O) groups excluding carboxylic acids is 1.